The molecular weight excluding hydrogens is 711 g/mol. The van der Waals surface area contributed by atoms with Gasteiger partial charge in [0.25, 0.3) is 21.5 Å². The summed E-state index contributed by atoms with van der Waals surface area (Å²) in [6, 6.07) is 13.2. The van der Waals surface area contributed by atoms with Crippen molar-refractivity contribution in [2.75, 3.05) is 9.73 Å². The fraction of sp³-hybridized carbons (Fsp3) is 0.222. The van der Waals surface area contributed by atoms with Gasteiger partial charge in [-0.05, 0) is 74.4 Å². The Kier molecular flexibility index (Phi) is 11.3. The molecule has 278 valence electrons. The van der Waals surface area contributed by atoms with Gasteiger partial charge in [-0.25, -0.2) is 32.5 Å². The summed E-state index contributed by atoms with van der Waals surface area (Å²) in [7, 11) is -2.69. The molecule has 0 spiro atoms. The predicted molar refractivity (Wildman–Crippen MR) is 195 cm³/mol. The van der Waals surface area contributed by atoms with Crippen LogP contribution in [0.2, 0.25) is 0 Å². The average molecular weight is 749 g/mol. The Morgan fingerprint density at radius 2 is 1.72 bits per heavy atom. The molecule has 0 aliphatic rings. The van der Waals surface area contributed by atoms with Crippen molar-refractivity contribution in [3.63, 3.8) is 0 Å². The lowest BCUT2D eigenvalue weighted by Crippen LogP contribution is -2.44. The first-order valence-electron chi connectivity index (χ1n) is 16.3. The molecule has 5 rings (SSSR count). The van der Waals surface area contributed by atoms with E-state index >= 15 is 8.78 Å². The van der Waals surface area contributed by atoms with Crippen molar-refractivity contribution in [2.45, 2.75) is 50.7 Å². The molecule has 0 bridgehead atoms. The number of esters is 1. The van der Waals surface area contributed by atoms with Crippen LogP contribution in [-0.4, -0.2) is 46.8 Å². The summed E-state index contributed by atoms with van der Waals surface area (Å²) in [5.74, 6) is 1.45. The Morgan fingerprint density at radius 1 is 1.04 bits per heavy atom. The molecule has 0 fully saturated rings. The number of anilines is 2. The molecule has 0 radical (unpaired) electrons. The minimum Gasteiger partial charge on any atom is -0.461 e. The summed E-state index contributed by atoms with van der Waals surface area (Å²) >= 11 is 0. The summed E-state index contributed by atoms with van der Waals surface area (Å²) in [4.78, 5) is 43.2. The summed E-state index contributed by atoms with van der Waals surface area (Å²) in [6.07, 6.45) is 4.47. The molecule has 2 aromatic heterocycles. The van der Waals surface area contributed by atoms with E-state index in [1.165, 1.54) is 46.4 Å². The maximum absolute atomic E-state index is 15.3. The number of rotatable bonds is 13. The molecule has 0 aliphatic carbocycles. The highest BCUT2D eigenvalue weighted by molar-refractivity contribution is 7.92. The van der Waals surface area contributed by atoms with Crippen LogP contribution in [-0.2, 0) is 33.0 Å². The van der Waals surface area contributed by atoms with Crippen molar-refractivity contribution in [3.05, 3.63) is 124 Å². The second-order valence-corrected chi connectivity index (χ2v) is 14.0. The molecule has 5 aromatic rings. The first kappa shape index (κ1) is 38.2. The molecule has 1 amide bonds. The van der Waals surface area contributed by atoms with Gasteiger partial charge in [0.05, 0.1) is 50.7 Å². The molecule has 2 heterocycles. The third kappa shape index (κ3) is 8.53. The summed E-state index contributed by atoms with van der Waals surface area (Å²) in [5, 5.41) is 4.10. The Bertz CT molecular complexity index is 2360. The maximum atomic E-state index is 15.3. The van der Waals surface area contributed by atoms with Crippen molar-refractivity contribution >= 4 is 44.2 Å². The van der Waals surface area contributed by atoms with Crippen LogP contribution < -0.4 is 32.2 Å². The Hall–Kier alpha value is -6.07. The molecule has 14 nitrogen and oxygen atoms in total. The van der Waals surface area contributed by atoms with Crippen LogP contribution >= 0.6 is 0 Å². The highest BCUT2D eigenvalue weighted by atomic mass is 32.2. The largest absolute Gasteiger partial charge is 0.461 e. The number of hydrazine groups is 1. The zero-order valence-corrected chi connectivity index (χ0v) is 30.0. The molecule has 3 aromatic carbocycles. The van der Waals surface area contributed by atoms with E-state index < -0.39 is 56.9 Å². The summed E-state index contributed by atoms with van der Waals surface area (Å²) in [6.45, 7) is 5.06. The first-order chi connectivity index (χ1) is 25.1. The van der Waals surface area contributed by atoms with Gasteiger partial charge < -0.3 is 15.8 Å². The van der Waals surface area contributed by atoms with E-state index in [1.807, 2.05) is 11.6 Å². The minimum absolute atomic E-state index is 0.101. The average Bonchev–Trinajstić information content (AvgIpc) is 3.38. The number of pyridine rings is 1. The van der Waals surface area contributed by atoms with Crippen LogP contribution in [0.25, 0.3) is 16.6 Å². The van der Waals surface area contributed by atoms with Crippen LogP contribution in [0.4, 0.5) is 20.2 Å². The lowest BCUT2D eigenvalue weighted by Gasteiger charge is -2.20. The van der Waals surface area contributed by atoms with Gasteiger partial charge in [0.15, 0.2) is 0 Å². The number of aromatic nitrogens is 3. The maximum Gasteiger partial charge on any atom is 0.329 e. The molecule has 17 heteroatoms. The fourth-order valence-electron chi connectivity index (χ4n) is 5.37. The van der Waals surface area contributed by atoms with E-state index in [9.17, 15) is 22.8 Å². The fourth-order valence-corrected chi connectivity index (χ4v) is 6.43. The Morgan fingerprint density at radius 3 is 2.34 bits per heavy atom. The number of hydrogen-bond acceptors (Lipinski definition) is 10. The zero-order valence-electron chi connectivity index (χ0n) is 29.2. The second-order valence-electron chi connectivity index (χ2n) is 12.3. The first-order valence-corrected chi connectivity index (χ1v) is 17.8. The standard InChI is InChI=1S/C36H38F2N8O6S/c1-5-23(39)20-45(40)24-10-12-26(13-11-24)53(50,51)43-31-18-29(37)28(17-30(31)38)34(47)42-32(36(49)52-21(2)3)16-22-6-8-25(9-7-22)46-35(48)27-14-15-41-19-33(27)44(46)4/h6-15,17-21,32,43H,5,16,39-40H2,1-4H3,(H,42,47)/b23-20-/t32-/m0/s1. The predicted octanol–water partition coefficient (Wildman–Crippen LogP) is 3.99. The van der Waals surface area contributed by atoms with Crippen molar-refractivity contribution < 1.29 is 31.5 Å². The van der Waals surface area contributed by atoms with E-state index in [-0.39, 0.29) is 16.9 Å². The lowest BCUT2D eigenvalue weighted by molar-refractivity contribution is -0.149. The van der Waals surface area contributed by atoms with Gasteiger partial charge in [0.2, 0.25) is 0 Å². The van der Waals surface area contributed by atoms with Gasteiger partial charge >= 0.3 is 5.97 Å². The quantitative estimate of drug-likeness (QED) is 0.0777. The number of halogens is 2. The van der Waals surface area contributed by atoms with Crippen LogP contribution in [0.3, 0.4) is 0 Å². The molecule has 1 atom stereocenters. The lowest BCUT2D eigenvalue weighted by atomic mass is 10.0. The minimum atomic E-state index is -4.41. The van der Waals surface area contributed by atoms with Crippen LogP contribution in [0.5, 0.6) is 0 Å². The van der Waals surface area contributed by atoms with Gasteiger partial charge in [-0.2, -0.15) is 0 Å². The number of carbonyl (C=O) groups is 2. The third-order valence-electron chi connectivity index (χ3n) is 8.14. The number of amides is 1. The molecular formula is C36H38F2N8O6S. The van der Waals surface area contributed by atoms with Gasteiger partial charge in [-0.1, -0.05) is 19.1 Å². The van der Waals surface area contributed by atoms with E-state index in [4.69, 9.17) is 16.3 Å². The smallest absolute Gasteiger partial charge is 0.329 e. The number of aryl methyl sites for hydroxylation is 1. The normalized spacial score (nSPS) is 12.5. The van der Waals surface area contributed by atoms with E-state index in [2.05, 4.69) is 10.3 Å². The van der Waals surface area contributed by atoms with Crippen molar-refractivity contribution in [2.24, 2.45) is 18.6 Å². The number of nitrogens with zero attached hydrogens (tertiary/aromatic N) is 4. The third-order valence-corrected chi connectivity index (χ3v) is 9.52. The molecule has 53 heavy (non-hydrogen) atoms. The topological polar surface area (TPSA) is 197 Å². The SMILES string of the molecule is CC/C(N)=C/N(N)c1ccc(S(=O)(=O)Nc2cc(F)c(C(=O)N[C@@H](Cc3ccc(-n4c(=O)c5ccncc5n4C)cc3)C(=O)OC(C)C)cc2F)cc1. The van der Waals surface area contributed by atoms with Crippen molar-refractivity contribution in [3.8, 4) is 5.69 Å². The Balaban J connectivity index is 1.33. The number of benzene rings is 3. The molecule has 0 saturated heterocycles. The molecule has 6 N–H and O–H groups in total. The van der Waals surface area contributed by atoms with Gasteiger partial charge in [0.1, 0.15) is 17.7 Å². The van der Waals surface area contributed by atoms with Crippen LogP contribution in [0, 0.1) is 11.6 Å². The number of ether oxygens (including phenoxy) is 1. The number of nitrogens with one attached hydrogen (secondary N) is 2. The highest BCUT2D eigenvalue weighted by Crippen LogP contribution is 2.25. The van der Waals surface area contributed by atoms with Crippen LogP contribution in [0.15, 0.2) is 101 Å². The number of hydrogen-bond donors (Lipinski definition) is 4. The van der Waals surface area contributed by atoms with Gasteiger partial charge in [-0.3, -0.25) is 29.0 Å². The number of allylic oxidation sites excluding steroid dienone is 1. The summed E-state index contributed by atoms with van der Waals surface area (Å²) < 4.78 is 67.0. The van der Waals surface area contributed by atoms with Crippen molar-refractivity contribution in [1.29, 1.82) is 0 Å². The second kappa shape index (κ2) is 15.7. The monoisotopic (exact) mass is 748 g/mol. The number of nitrogens with two attached hydrogens (primary N) is 2. The van der Waals surface area contributed by atoms with Gasteiger partial charge in [0, 0.05) is 37.6 Å². The summed E-state index contributed by atoms with van der Waals surface area (Å²) in [5.41, 5.74) is 6.62. The molecule has 0 saturated carbocycles. The van der Waals surface area contributed by atoms with E-state index in [0.29, 0.717) is 52.1 Å². The Labute approximate surface area is 303 Å². The number of sulfonamides is 1. The van der Waals surface area contributed by atoms with Crippen LogP contribution in [0.1, 0.15) is 43.1 Å². The number of carbonyl (C=O) groups excluding carboxylic acids is 2. The van der Waals surface area contributed by atoms with Gasteiger partial charge in [-0.15, -0.1) is 0 Å². The number of fused-ring (bicyclic) bond motifs is 1. The van der Waals surface area contributed by atoms with Crippen molar-refractivity contribution in [1.82, 2.24) is 19.7 Å². The molecule has 0 unspecified atom stereocenters. The zero-order chi connectivity index (χ0) is 38.6. The molecule has 0 aliphatic heterocycles. The van der Waals surface area contributed by atoms with E-state index in [1.54, 1.807) is 62.1 Å². The van der Waals surface area contributed by atoms with E-state index in [0.717, 1.165) is 0 Å². The highest BCUT2D eigenvalue weighted by Gasteiger charge is 2.27.